The molecule has 3 aromatic rings. The zero-order valence-electron chi connectivity index (χ0n) is 17.2. The Hall–Kier alpha value is -3.49. The quantitative estimate of drug-likeness (QED) is 0.568. The van der Waals surface area contributed by atoms with Gasteiger partial charge in [0.15, 0.2) is 5.84 Å². The van der Waals surface area contributed by atoms with Gasteiger partial charge in [-0.1, -0.05) is 23.7 Å². The highest BCUT2D eigenvalue weighted by Crippen LogP contribution is 2.32. The van der Waals surface area contributed by atoms with E-state index in [0.29, 0.717) is 15.2 Å². The van der Waals surface area contributed by atoms with Crippen molar-refractivity contribution in [3.05, 3.63) is 88.0 Å². The third-order valence-corrected chi connectivity index (χ3v) is 6.50. The highest BCUT2D eigenvalue weighted by atomic mass is 35.5. The van der Waals surface area contributed by atoms with E-state index in [4.69, 9.17) is 17.0 Å². The van der Waals surface area contributed by atoms with Crippen LogP contribution in [0.4, 0.5) is 0 Å². The van der Waals surface area contributed by atoms with Crippen LogP contribution in [0.3, 0.4) is 0 Å². The second-order valence-electron chi connectivity index (χ2n) is 7.28. The van der Waals surface area contributed by atoms with Crippen LogP contribution in [0.2, 0.25) is 5.02 Å². The van der Waals surface area contributed by atoms with Crippen LogP contribution in [0.25, 0.3) is 11.8 Å². The fourth-order valence-corrected chi connectivity index (χ4v) is 4.79. The van der Waals surface area contributed by atoms with Gasteiger partial charge in [0.1, 0.15) is 5.04 Å². The summed E-state index contributed by atoms with van der Waals surface area (Å²) in [5, 5.41) is 16.2. The second kappa shape index (κ2) is 7.89. The molecule has 0 saturated carbocycles. The molecule has 0 radical (unpaired) electrons. The number of rotatable bonds is 3. The Balaban J connectivity index is 1.53. The number of carbonyl (C=O) groups is 1. The first-order valence-corrected chi connectivity index (χ1v) is 11.0. The minimum atomic E-state index is -0.459. The van der Waals surface area contributed by atoms with Crippen molar-refractivity contribution in [2.75, 3.05) is 0 Å². The maximum absolute atomic E-state index is 12.8. The fourth-order valence-electron chi connectivity index (χ4n) is 3.69. The van der Waals surface area contributed by atoms with Crippen molar-refractivity contribution in [2.24, 2.45) is 10.1 Å². The Morgan fingerprint density at radius 2 is 1.97 bits per heavy atom. The number of aliphatic imine (C=N–C) groups is 1. The molecule has 0 saturated heterocycles. The Kier molecular flexibility index (Phi) is 5.03. The van der Waals surface area contributed by atoms with Crippen LogP contribution in [-0.4, -0.2) is 36.5 Å². The van der Waals surface area contributed by atoms with Gasteiger partial charge in [-0.25, -0.2) is 0 Å². The topological polar surface area (TPSA) is 86.7 Å². The average molecular weight is 461 g/mol. The molecule has 4 heterocycles. The number of benzene rings is 1. The number of amides is 1. The standard InChI is InChI=1S/C23H17ClN6OS/c1-13-10-16(14(2)29(13)19-8-4-3-7-18(19)24)11-17-20(25)30-23(27-21(17)31)32-22(28-30)15-6-5-9-26-12-15/h3-12,25H,1-2H3/b17-11+,25-20?. The highest BCUT2D eigenvalue weighted by molar-refractivity contribution is 8.27. The first-order valence-electron chi connectivity index (χ1n) is 9.78. The van der Waals surface area contributed by atoms with E-state index in [9.17, 15) is 4.79 Å². The van der Waals surface area contributed by atoms with Crippen molar-refractivity contribution in [3.63, 3.8) is 0 Å². The van der Waals surface area contributed by atoms with Gasteiger partial charge in [0.05, 0.1) is 16.3 Å². The lowest BCUT2D eigenvalue weighted by Crippen LogP contribution is -2.35. The number of halogens is 1. The maximum atomic E-state index is 12.8. The smallest absolute Gasteiger partial charge is 0.283 e. The predicted molar refractivity (Wildman–Crippen MR) is 129 cm³/mol. The summed E-state index contributed by atoms with van der Waals surface area (Å²) < 4.78 is 2.03. The normalized spacial score (nSPS) is 17.0. The van der Waals surface area contributed by atoms with Crippen LogP contribution in [0.1, 0.15) is 22.5 Å². The first kappa shape index (κ1) is 20.4. The molecule has 158 valence electrons. The van der Waals surface area contributed by atoms with Crippen molar-refractivity contribution < 1.29 is 4.79 Å². The van der Waals surface area contributed by atoms with E-state index in [0.717, 1.165) is 28.2 Å². The molecule has 9 heteroatoms. The van der Waals surface area contributed by atoms with E-state index in [1.54, 1.807) is 18.5 Å². The van der Waals surface area contributed by atoms with Gasteiger partial charge < -0.3 is 4.57 Å². The summed E-state index contributed by atoms with van der Waals surface area (Å²) >= 11 is 7.66. The summed E-state index contributed by atoms with van der Waals surface area (Å²) in [4.78, 5) is 21.1. The monoisotopic (exact) mass is 460 g/mol. The van der Waals surface area contributed by atoms with Gasteiger partial charge >= 0.3 is 0 Å². The number of amidine groups is 2. The number of nitrogens with zero attached hydrogens (tertiary/aromatic N) is 5. The number of hydrogen-bond acceptors (Lipinski definition) is 5. The molecule has 0 atom stereocenters. The van der Waals surface area contributed by atoms with Crippen molar-refractivity contribution in [2.45, 2.75) is 13.8 Å². The molecule has 0 unspecified atom stereocenters. The van der Waals surface area contributed by atoms with Crippen molar-refractivity contribution >= 4 is 51.4 Å². The number of aryl methyl sites for hydroxylation is 1. The molecule has 0 spiro atoms. The molecular weight excluding hydrogens is 444 g/mol. The lowest BCUT2D eigenvalue weighted by atomic mass is 10.1. The van der Waals surface area contributed by atoms with E-state index in [-0.39, 0.29) is 11.4 Å². The molecule has 0 fully saturated rings. The summed E-state index contributed by atoms with van der Waals surface area (Å²) in [6.07, 6.45) is 5.07. The molecule has 1 amide bonds. The largest absolute Gasteiger partial charge is 0.316 e. The average Bonchev–Trinajstić information content (AvgIpc) is 3.33. The number of pyridine rings is 1. The van der Waals surface area contributed by atoms with Gasteiger partial charge in [-0.15, -0.1) is 0 Å². The number of thioether (sulfide) groups is 1. The summed E-state index contributed by atoms with van der Waals surface area (Å²) in [5.41, 5.74) is 4.55. The molecule has 7 nitrogen and oxygen atoms in total. The van der Waals surface area contributed by atoms with Crippen LogP contribution in [0, 0.1) is 19.3 Å². The number of aromatic nitrogens is 2. The molecule has 0 bridgehead atoms. The highest BCUT2D eigenvalue weighted by Gasteiger charge is 2.36. The Morgan fingerprint density at radius 1 is 1.16 bits per heavy atom. The molecular formula is C23H17ClN6OS. The van der Waals surface area contributed by atoms with Crippen LogP contribution >= 0.6 is 23.4 Å². The third-order valence-electron chi connectivity index (χ3n) is 5.23. The van der Waals surface area contributed by atoms with Crippen molar-refractivity contribution in [3.8, 4) is 5.69 Å². The van der Waals surface area contributed by atoms with Gasteiger partial charge in [-0.3, -0.25) is 15.2 Å². The summed E-state index contributed by atoms with van der Waals surface area (Å²) in [6.45, 7) is 3.93. The van der Waals surface area contributed by atoms with E-state index >= 15 is 0 Å². The van der Waals surface area contributed by atoms with Gasteiger partial charge in [-0.05, 0) is 67.6 Å². The predicted octanol–water partition coefficient (Wildman–Crippen LogP) is 4.81. The minimum absolute atomic E-state index is 0.00561. The molecule has 5 rings (SSSR count). The van der Waals surface area contributed by atoms with Crippen LogP contribution in [0.5, 0.6) is 0 Å². The zero-order valence-corrected chi connectivity index (χ0v) is 18.8. The fraction of sp³-hybridized carbons (Fsp3) is 0.0870. The number of carbonyl (C=O) groups excluding carboxylic acids is 1. The Morgan fingerprint density at radius 3 is 2.72 bits per heavy atom. The first-order chi connectivity index (χ1) is 15.4. The lowest BCUT2D eigenvalue weighted by molar-refractivity contribution is -0.114. The van der Waals surface area contributed by atoms with Gasteiger partial charge in [-0.2, -0.15) is 15.1 Å². The van der Waals surface area contributed by atoms with E-state index < -0.39 is 5.91 Å². The van der Waals surface area contributed by atoms with Gasteiger partial charge in [0, 0.05) is 29.3 Å². The van der Waals surface area contributed by atoms with E-state index in [2.05, 4.69) is 15.1 Å². The third kappa shape index (κ3) is 3.37. The number of hydrazone groups is 1. The molecule has 2 aliphatic rings. The summed E-state index contributed by atoms with van der Waals surface area (Å²) in [7, 11) is 0. The van der Waals surface area contributed by atoms with E-state index in [1.165, 1.54) is 16.8 Å². The minimum Gasteiger partial charge on any atom is -0.316 e. The van der Waals surface area contributed by atoms with E-state index in [1.807, 2.05) is 60.9 Å². The number of hydrogen-bond donors (Lipinski definition) is 1. The van der Waals surface area contributed by atoms with Crippen molar-refractivity contribution in [1.29, 1.82) is 5.41 Å². The zero-order chi connectivity index (χ0) is 22.4. The summed E-state index contributed by atoms with van der Waals surface area (Å²) in [6, 6.07) is 13.3. The number of nitrogens with one attached hydrogen (secondary N) is 1. The van der Waals surface area contributed by atoms with Crippen LogP contribution in [0.15, 0.2) is 70.5 Å². The molecule has 1 N–H and O–H groups in total. The Labute approximate surface area is 193 Å². The number of para-hydroxylation sites is 1. The summed E-state index contributed by atoms with van der Waals surface area (Å²) in [5.74, 6) is -0.465. The van der Waals surface area contributed by atoms with Gasteiger partial charge in [0.25, 0.3) is 5.91 Å². The second-order valence-corrected chi connectivity index (χ2v) is 8.64. The lowest BCUT2D eigenvalue weighted by Gasteiger charge is -2.20. The van der Waals surface area contributed by atoms with Crippen LogP contribution in [-0.2, 0) is 4.79 Å². The molecule has 32 heavy (non-hydrogen) atoms. The SMILES string of the molecule is Cc1cc(/C=C2\C(=N)N3N=C(c4cccnc4)SC3=NC2=O)c(C)n1-c1ccccc1Cl. The van der Waals surface area contributed by atoms with Crippen LogP contribution < -0.4 is 0 Å². The maximum Gasteiger partial charge on any atom is 0.283 e. The number of fused-ring (bicyclic) bond motifs is 1. The van der Waals surface area contributed by atoms with Crippen molar-refractivity contribution in [1.82, 2.24) is 14.6 Å². The molecule has 0 aliphatic carbocycles. The Bertz CT molecular complexity index is 1370. The molecule has 2 aromatic heterocycles. The molecule has 2 aliphatic heterocycles. The van der Waals surface area contributed by atoms with Gasteiger partial charge in [0.2, 0.25) is 5.17 Å². The molecule has 1 aromatic carbocycles.